The zero-order valence-corrected chi connectivity index (χ0v) is 20.2. The molecule has 2 aromatic rings. The Hall–Kier alpha value is -1.97. The summed E-state index contributed by atoms with van der Waals surface area (Å²) in [6.07, 6.45) is 2.44. The van der Waals surface area contributed by atoms with Crippen LogP contribution >= 0.6 is 12.2 Å². The van der Waals surface area contributed by atoms with E-state index in [-0.39, 0.29) is 24.2 Å². The highest BCUT2D eigenvalue weighted by molar-refractivity contribution is 7.91. The number of aryl methyl sites for hydroxylation is 1. The third-order valence-electron chi connectivity index (χ3n) is 5.31. The molecule has 7 nitrogen and oxygen atoms in total. The van der Waals surface area contributed by atoms with Gasteiger partial charge in [0.1, 0.15) is 12.4 Å². The molecule has 1 fully saturated rings. The van der Waals surface area contributed by atoms with Crippen molar-refractivity contribution in [2.24, 2.45) is 5.92 Å². The molecule has 1 aliphatic heterocycles. The summed E-state index contributed by atoms with van der Waals surface area (Å²) in [5.41, 5.74) is 1.13. The molecule has 0 bridgehead atoms. The molecule has 0 amide bonds. The smallest absolute Gasteiger partial charge is 0.199 e. The molecule has 3 rings (SSSR count). The number of ether oxygens (including phenoxy) is 1. The first-order valence-electron chi connectivity index (χ1n) is 10.6. The predicted octanol–water partition coefficient (Wildman–Crippen LogP) is 3.59. The van der Waals surface area contributed by atoms with Gasteiger partial charge in [-0.2, -0.15) is 5.10 Å². The first-order valence-corrected chi connectivity index (χ1v) is 12.8. The molecule has 1 unspecified atom stereocenters. The van der Waals surface area contributed by atoms with Crippen LogP contribution in [0, 0.1) is 17.6 Å². The van der Waals surface area contributed by atoms with Crippen LogP contribution in [0.5, 0.6) is 5.75 Å². The minimum absolute atomic E-state index is 0.00847. The van der Waals surface area contributed by atoms with Crippen molar-refractivity contribution in [1.82, 2.24) is 19.2 Å². The van der Waals surface area contributed by atoms with Gasteiger partial charge < -0.3 is 4.74 Å². The lowest BCUT2D eigenvalue weighted by molar-refractivity contribution is 0.136. The fourth-order valence-corrected chi connectivity index (χ4v) is 5.92. The fourth-order valence-electron chi connectivity index (χ4n) is 3.88. The zero-order chi connectivity index (χ0) is 22.6. The third-order valence-corrected chi connectivity index (χ3v) is 7.49. The van der Waals surface area contributed by atoms with E-state index in [2.05, 4.69) is 25.3 Å². The maximum atomic E-state index is 12.0. The Morgan fingerprint density at radius 3 is 2.81 bits per heavy atom. The Kier molecular flexibility index (Phi) is 7.72. The van der Waals surface area contributed by atoms with Gasteiger partial charge in [-0.3, -0.25) is 9.47 Å². The van der Waals surface area contributed by atoms with Gasteiger partial charge >= 0.3 is 0 Å². The van der Waals surface area contributed by atoms with E-state index in [0.717, 1.165) is 23.7 Å². The molecular formula is C22H32N4O3S2. The summed E-state index contributed by atoms with van der Waals surface area (Å²) in [5.74, 6) is 2.34. The first kappa shape index (κ1) is 23.7. The zero-order valence-electron chi connectivity index (χ0n) is 18.5. The van der Waals surface area contributed by atoms with Crippen molar-refractivity contribution in [2.45, 2.75) is 53.1 Å². The lowest BCUT2D eigenvalue weighted by atomic mass is 10.1. The molecule has 31 heavy (non-hydrogen) atoms. The molecule has 1 aromatic heterocycles. The molecule has 0 N–H and O–H groups in total. The second-order valence-electron chi connectivity index (χ2n) is 8.57. The van der Waals surface area contributed by atoms with E-state index in [9.17, 15) is 8.42 Å². The van der Waals surface area contributed by atoms with Gasteiger partial charge in [-0.05, 0) is 49.2 Å². The van der Waals surface area contributed by atoms with Crippen molar-refractivity contribution in [1.29, 1.82) is 0 Å². The van der Waals surface area contributed by atoms with Gasteiger partial charge in [0.2, 0.25) is 0 Å². The van der Waals surface area contributed by atoms with Crippen molar-refractivity contribution in [3.05, 3.63) is 53.1 Å². The number of allylic oxidation sites excluding steroid dienone is 1. The molecule has 2 heterocycles. The molecule has 170 valence electrons. The van der Waals surface area contributed by atoms with Crippen LogP contribution < -0.4 is 4.74 Å². The SMILES string of the molecule is C=CCn1c(COc2cccc(C)c2)nn(CN(CC(C)C)C2CCS(=O)(=O)C2)c1=S. The van der Waals surface area contributed by atoms with Gasteiger partial charge in [0, 0.05) is 19.1 Å². The first-order chi connectivity index (χ1) is 14.7. The van der Waals surface area contributed by atoms with Crippen LogP contribution in [0.2, 0.25) is 0 Å². The van der Waals surface area contributed by atoms with Gasteiger partial charge in [-0.1, -0.05) is 32.1 Å². The van der Waals surface area contributed by atoms with Crippen molar-refractivity contribution < 1.29 is 13.2 Å². The van der Waals surface area contributed by atoms with E-state index in [1.165, 1.54) is 0 Å². The summed E-state index contributed by atoms with van der Waals surface area (Å²) >= 11 is 5.70. The minimum Gasteiger partial charge on any atom is -0.486 e. The second-order valence-corrected chi connectivity index (χ2v) is 11.2. The topological polar surface area (TPSA) is 69.4 Å². The van der Waals surface area contributed by atoms with Gasteiger partial charge in [-0.25, -0.2) is 13.1 Å². The number of benzene rings is 1. The summed E-state index contributed by atoms with van der Waals surface area (Å²) in [6.45, 7) is 12.2. The molecular weight excluding hydrogens is 432 g/mol. The maximum absolute atomic E-state index is 12.0. The summed E-state index contributed by atoms with van der Waals surface area (Å²) in [7, 11) is -2.97. The van der Waals surface area contributed by atoms with E-state index in [1.807, 2.05) is 35.8 Å². The van der Waals surface area contributed by atoms with Gasteiger partial charge in [0.25, 0.3) is 0 Å². The molecule has 0 saturated carbocycles. The lowest BCUT2D eigenvalue weighted by Crippen LogP contribution is -2.40. The van der Waals surface area contributed by atoms with E-state index < -0.39 is 9.84 Å². The number of aromatic nitrogens is 3. The third kappa shape index (κ3) is 6.27. The van der Waals surface area contributed by atoms with E-state index >= 15 is 0 Å². The Bertz CT molecular complexity index is 1070. The Morgan fingerprint density at radius 1 is 1.42 bits per heavy atom. The van der Waals surface area contributed by atoms with E-state index in [4.69, 9.17) is 22.1 Å². The number of nitrogens with zero attached hydrogens (tertiary/aromatic N) is 4. The number of hydrogen-bond donors (Lipinski definition) is 0. The fraction of sp³-hybridized carbons (Fsp3) is 0.545. The summed E-state index contributed by atoms with van der Waals surface area (Å²) in [5, 5.41) is 4.73. The Balaban J connectivity index is 1.83. The van der Waals surface area contributed by atoms with Crippen LogP contribution in [0.15, 0.2) is 36.9 Å². The molecule has 0 radical (unpaired) electrons. The lowest BCUT2D eigenvalue weighted by Gasteiger charge is -2.29. The predicted molar refractivity (Wildman–Crippen MR) is 125 cm³/mol. The standard InChI is InChI=1S/C22H32N4O3S2/c1-5-10-25-21(14-29-20-8-6-7-18(4)12-20)23-26(22(25)30)16-24(13-17(2)3)19-9-11-31(27,28)15-19/h5-8,12,17,19H,1,9-11,13-16H2,2-4H3. The number of sulfone groups is 1. The molecule has 9 heteroatoms. The van der Waals surface area contributed by atoms with Crippen molar-refractivity contribution >= 4 is 22.1 Å². The molecule has 1 aliphatic rings. The summed E-state index contributed by atoms with van der Waals surface area (Å²) in [6, 6.07) is 7.87. The van der Waals surface area contributed by atoms with Crippen molar-refractivity contribution in [2.75, 3.05) is 18.1 Å². The van der Waals surface area contributed by atoms with Crippen LogP contribution in [0.3, 0.4) is 0 Å². The Morgan fingerprint density at radius 2 is 2.19 bits per heavy atom. The van der Waals surface area contributed by atoms with Crippen LogP contribution in [-0.2, 0) is 29.7 Å². The maximum Gasteiger partial charge on any atom is 0.199 e. The average molecular weight is 465 g/mol. The summed E-state index contributed by atoms with van der Waals surface area (Å²) in [4.78, 5) is 2.20. The number of rotatable bonds is 10. The van der Waals surface area contributed by atoms with Crippen LogP contribution in [0.4, 0.5) is 0 Å². The highest BCUT2D eigenvalue weighted by Crippen LogP contribution is 2.20. The molecule has 1 saturated heterocycles. The summed E-state index contributed by atoms with van der Waals surface area (Å²) < 4.78 is 34.3. The normalized spacial score (nSPS) is 18.0. The highest BCUT2D eigenvalue weighted by atomic mass is 32.2. The number of hydrogen-bond acceptors (Lipinski definition) is 6. The van der Waals surface area contributed by atoms with Gasteiger partial charge in [0.15, 0.2) is 20.4 Å². The largest absolute Gasteiger partial charge is 0.486 e. The van der Waals surface area contributed by atoms with Crippen LogP contribution in [0.25, 0.3) is 0 Å². The molecule has 0 aliphatic carbocycles. The average Bonchev–Trinajstić information content (AvgIpc) is 3.20. The quantitative estimate of drug-likeness (QED) is 0.395. The van der Waals surface area contributed by atoms with E-state index in [0.29, 0.717) is 30.3 Å². The molecule has 1 atom stereocenters. The molecule has 0 spiro atoms. The Labute approximate surface area is 190 Å². The van der Waals surface area contributed by atoms with Crippen molar-refractivity contribution in [3.63, 3.8) is 0 Å². The molecule has 1 aromatic carbocycles. The van der Waals surface area contributed by atoms with Crippen LogP contribution in [-0.4, -0.2) is 51.8 Å². The van der Waals surface area contributed by atoms with Gasteiger partial charge in [-0.15, -0.1) is 6.58 Å². The monoisotopic (exact) mass is 464 g/mol. The van der Waals surface area contributed by atoms with E-state index in [1.54, 1.807) is 10.8 Å². The minimum atomic E-state index is -2.97. The second kappa shape index (κ2) is 10.1. The van der Waals surface area contributed by atoms with Crippen LogP contribution in [0.1, 0.15) is 31.7 Å². The van der Waals surface area contributed by atoms with Gasteiger partial charge in [0.05, 0.1) is 18.2 Å². The highest BCUT2D eigenvalue weighted by Gasteiger charge is 2.33. The van der Waals surface area contributed by atoms with Crippen molar-refractivity contribution in [3.8, 4) is 5.75 Å².